The molecule has 0 aliphatic carbocycles. The lowest BCUT2D eigenvalue weighted by Crippen LogP contribution is -1.94. The summed E-state index contributed by atoms with van der Waals surface area (Å²) in [6, 6.07) is 0. The Morgan fingerprint density at radius 1 is 0.471 bits per heavy atom. The van der Waals surface area contributed by atoms with Crippen LogP contribution in [0.2, 0.25) is 0 Å². The van der Waals surface area contributed by atoms with Gasteiger partial charge in [-0.1, -0.05) is 78.6 Å². The maximum atomic E-state index is 2.35. The molecule has 0 amide bonds. The van der Waals surface area contributed by atoms with Gasteiger partial charge in [-0.2, -0.15) is 0 Å². The third-order valence-electron chi connectivity index (χ3n) is 3.41. The van der Waals surface area contributed by atoms with Crippen molar-refractivity contribution in [3.05, 3.63) is 0 Å². The Hall–Kier alpha value is 0.430. The molecule has 0 spiro atoms. The summed E-state index contributed by atoms with van der Waals surface area (Å²) in [6.07, 6.45) is 19.2. The van der Waals surface area contributed by atoms with E-state index < -0.39 is 0 Å². The van der Waals surface area contributed by atoms with E-state index in [0.29, 0.717) is 7.92 Å². The van der Waals surface area contributed by atoms with Gasteiger partial charge in [0.05, 0.1) is 0 Å². The molecule has 0 unspecified atom stereocenters. The van der Waals surface area contributed by atoms with E-state index in [1.54, 1.807) is 6.16 Å². The number of hydrogen-bond acceptors (Lipinski definition) is 0. The predicted molar refractivity (Wildman–Crippen MR) is 84.7 cm³/mol. The van der Waals surface area contributed by atoms with Crippen LogP contribution in [0.15, 0.2) is 0 Å². The Morgan fingerprint density at radius 3 is 1.41 bits per heavy atom. The van der Waals surface area contributed by atoms with Gasteiger partial charge in [0, 0.05) is 0 Å². The molecule has 0 saturated heterocycles. The first-order valence-corrected chi connectivity index (χ1v) is 9.97. The van der Waals surface area contributed by atoms with Crippen molar-refractivity contribution in [1.82, 2.24) is 0 Å². The van der Waals surface area contributed by atoms with Crippen molar-refractivity contribution >= 4 is 7.92 Å². The van der Waals surface area contributed by atoms with Gasteiger partial charge in [0.25, 0.3) is 0 Å². The topological polar surface area (TPSA) is 0 Å². The van der Waals surface area contributed by atoms with E-state index >= 15 is 0 Å². The van der Waals surface area contributed by atoms with E-state index in [1.165, 1.54) is 76.5 Å². The van der Waals surface area contributed by atoms with Crippen LogP contribution in [0.1, 0.15) is 85.0 Å². The molecule has 0 aromatic rings. The van der Waals surface area contributed by atoms with Gasteiger partial charge in [-0.15, -0.1) is 7.92 Å². The molecule has 0 nitrogen and oxygen atoms in total. The first-order chi connectivity index (χ1) is 8.35. The maximum Gasteiger partial charge on any atom is -0.0326 e. The molecule has 0 aromatic heterocycles. The van der Waals surface area contributed by atoms with Gasteiger partial charge in [0.15, 0.2) is 0 Å². The van der Waals surface area contributed by atoms with Gasteiger partial charge < -0.3 is 0 Å². The lowest BCUT2D eigenvalue weighted by atomic mass is 10.1. The van der Waals surface area contributed by atoms with E-state index in [0.717, 1.165) is 0 Å². The minimum atomic E-state index is 0.409. The zero-order valence-electron chi connectivity index (χ0n) is 12.6. The van der Waals surface area contributed by atoms with Gasteiger partial charge in [-0.05, 0) is 24.9 Å². The van der Waals surface area contributed by atoms with Crippen LogP contribution in [0.5, 0.6) is 0 Å². The van der Waals surface area contributed by atoms with Crippen LogP contribution >= 0.6 is 7.92 Å². The monoisotopic (exact) mass is 258 g/mol. The zero-order valence-corrected chi connectivity index (χ0v) is 13.5. The average Bonchev–Trinajstić information content (AvgIpc) is 2.33. The highest BCUT2D eigenvalue weighted by atomic mass is 31.1. The van der Waals surface area contributed by atoms with Crippen molar-refractivity contribution in [3.63, 3.8) is 0 Å². The lowest BCUT2D eigenvalue weighted by Gasteiger charge is -2.15. The summed E-state index contributed by atoms with van der Waals surface area (Å²) >= 11 is 0. The smallest absolute Gasteiger partial charge is 0.0326 e. The molecule has 17 heavy (non-hydrogen) atoms. The van der Waals surface area contributed by atoms with E-state index in [-0.39, 0.29) is 0 Å². The second kappa shape index (κ2) is 14.5. The molecule has 1 heteroatoms. The first kappa shape index (κ1) is 17.4. The molecule has 0 fully saturated rings. The van der Waals surface area contributed by atoms with Crippen LogP contribution in [-0.4, -0.2) is 18.5 Å². The molecular weight excluding hydrogens is 223 g/mol. The predicted octanol–water partition coefficient (Wildman–Crippen LogP) is 6.43. The fraction of sp³-hybridized carbons (Fsp3) is 1.00. The maximum absolute atomic E-state index is 2.35. The van der Waals surface area contributed by atoms with Gasteiger partial charge in [0.1, 0.15) is 0 Å². The van der Waals surface area contributed by atoms with Crippen molar-refractivity contribution in [2.75, 3.05) is 18.5 Å². The van der Waals surface area contributed by atoms with Crippen molar-refractivity contribution in [2.45, 2.75) is 85.0 Å². The average molecular weight is 258 g/mol. The molecule has 0 atom stereocenters. The normalized spacial score (nSPS) is 11.3. The first-order valence-electron chi connectivity index (χ1n) is 8.07. The minimum absolute atomic E-state index is 0.409. The molecule has 0 radical (unpaired) electrons. The lowest BCUT2D eigenvalue weighted by molar-refractivity contribution is 0.586. The highest BCUT2D eigenvalue weighted by Crippen LogP contribution is 2.37. The van der Waals surface area contributed by atoms with E-state index in [2.05, 4.69) is 20.8 Å². The molecule has 0 N–H and O–H groups in total. The SMILES string of the molecule is CCCCCCCCCCP(CCC)CCC. The van der Waals surface area contributed by atoms with Crippen LogP contribution in [0.3, 0.4) is 0 Å². The van der Waals surface area contributed by atoms with Crippen molar-refractivity contribution < 1.29 is 0 Å². The Labute approximate surface area is 112 Å². The van der Waals surface area contributed by atoms with Crippen molar-refractivity contribution in [1.29, 1.82) is 0 Å². The standard InChI is InChI=1S/C16H35P/c1-4-7-8-9-10-11-12-13-16-17(14-5-2)15-6-3/h4-16H2,1-3H3. The van der Waals surface area contributed by atoms with Gasteiger partial charge in [-0.3, -0.25) is 0 Å². The fourth-order valence-electron chi connectivity index (χ4n) is 2.44. The van der Waals surface area contributed by atoms with Crippen LogP contribution in [0.25, 0.3) is 0 Å². The van der Waals surface area contributed by atoms with Crippen LogP contribution in [0.4, 0.5) is 0 Å². The zero-order chi connectivity index (χ0) is 12.8. The second-order valence-corrected chi connectivity index (χ2v) is 8.00. The minimum Gasteiger partial charge on any atom is -0.107 e. The van der Waals surface area contributed by atoms with Gasteiger partial charge >= 0.3 is 0 Å². The molecule has 0 aliphatic heterocycles. The molecule has 0 aromatic carbocycles. The molecule has 0 saturated carbocycles. The third kappa shape index (κ3) is 12.7. The second-order valence-electron chi connectivity index (χ2n) is 5.32. The Morgan fingerprint density at radius 2 is 0.941 bits per heavy atom. The summed E-state index contributed by atoms with van der Waals surface area (Å²) in [4.78, 5) is 0. The van der Waals surface area contributed by atoms with Crippen LogP contribution < -0.4 is 0 Å². The quantitative estimate of drug-likeness (QED) is 0.264. The number of hydrogen-bond donors (Lipinski definition) is 0. The summed E-state index contributed by atoms with van der Waals surface area (Å²) in [5.74, 6) is 0. The van der Waals surface area contributed by atoms with E-state index in [9.17, 15) is 0 Å². The van der Waals surface area contributed by atoms with Crippen LogP contribution in [0, 0.1) is 0 Å². The van der Waals surface area contributed by atoms with Crippen molar-refractivity contribution in [3.8, 4) is 0 Å². The highest BCUT2D eigenvalue weighted by molar-refractivity contribution is 7.57. The molecule has 104 valence electrons. The summed E-state index contributed by atoms with van der Waals surface area (Å²) in [5, 5.41) is 0. The Kier molecular flexibility index (Phi) is 14.9. The highest BCUT2D eigenvalue weighted by Gasteiger charge is 2.04. The third-order valence-corrected chi connectivity index (χ3v) is 6.52. The summed E-state index contributed by atoms with van der Waals surface area (Å²) in [7, 11) is 0.409. The molecule has 0 aliphatic rings. The largest absolute Gasteiger partial charge is 0.107 e. The summed E-state index contributed by atoms with van der Waals surface area (Å²) in [6.45, 7) is 6.99. The summed E-state index contributed by atoms with van der Waals surface area (Å²) < 4.78 is 0. The van der Waals surface area contributed by atoms with Gasteiger partial charge in [-0.25, -0.2) is 0 Å². The molecular formula is C16H35P. The number of unbranched alkanes of at least 4 members (excludes halogenated alkanes) is 7. The Balaban J connectivity index is 3.23. The fourth-order valence-corrected chi connectivity index (χ4v) is 5.04. The molecule has 0 heterocycles. The number of rotatable bonds is 13. The molecule has 0 rings (SSSR count). The summed E-state index contributed by atoms with van der Waals surface area (Å²) in [5.41, 5.74) is 0. The van der Waals surface area contributed by atoms with E-state index in [4.69, 9.17) is 0 Å². The van der Waals surface area contributed by atoms with E-state index in [1.807, 2.05) is 0 Å². The Bertz CT molecular complexity index is 127. The molecule has 0 bridgehead atoms. The van der Waals surface area contributed by atoms with Crippen molar-refractivity contribution in [2.24, 2.45) is 0 Å². The van der Waals surface area contributed by atoms with Crippen LogP contribution in [-0.2, 0) is 0 Å². The van der Waals surface area contributed by atoms with Gasteiger partial charge in [0.2, 0.25) is 0 Å².